The van der Waals surface area contributed by atoms with Gasteiger partial charge in [-0.2, -0.15) is 0 Å². The van der Waals surface area contributed by atoms with Crippen molar-refractivity contribution in [2.24, 2.45) is 5.73 Å². The van der Waals surface area contributed by atoms with Crippen molar-refractivity contribution in [3.8, 4) is 22.9 Å². The van der Waals surface area contributed by atoms with Gasteiger partial charge in [0.05, 0.1) is 19.0 Å². The van der Waals surface area contributed by atoms with E-state index in [1.807, 2.05) is 6.07 Å². The fraction of sp³-hybridized carbons (Fsp3) is 0.231. The molecule has 0 saturated heterocycles. The summed E-state index contributed by atoms with van der Waals surface area (Å²) in [5.74, 6) is 1.36. The van der Waals surface area contributed by atoms with Gasteiger partial charge >= 0.3 is 0 Å². The molecule has 94 valence electrons. The maximum Gasteiger partial charge on any atom is 0.159 e. The fourth-order valence-electron chi connectivity index (χ4n) is 1.46. The van der Waals surface area contributed by atoms with Gasteiger partial charge in [-0.3, -0.25) is 0 Å². The third-order valence-electron chi connectivity index (χ3n) is 2.35. The molecule has 0 spiro atoms. The van der Waals surface area contributed by atoms with Crippen molar-refractivity contribution in [2.75, 3.05) is 13.2 Å². The lowest BCUT2D eigenvalue weighted by molar-refractivity contribution is 0.311. The lowest BCUT2D eigenvalue weighted by atomic mass is 10.2. The van der Waals surface area contributed by atoms with Crippen LogP contribution in [0.5, 0.6) is 11.5 Å². The molecule has 2 aromatic rings. The van der Waals surface area contributed by atoms with Crippen LogP contribution in [0.25, 0.3) is 11.4 Å². The fourth-order valence-corrected chi connectivity index (χ4v) is 1.46. The number of aromatic nitrogens is 2. The highest BCUT2D eigenvalue weighted by Gasteiger charge is 2.02. The van der Waals surface area contributed by atoms with E-state index >= 15 is 0 Å². The van der Waals surface area contributed by atoms with Gasteiger partial charge in [0.25, 0.3) is 0 Å². The Bertz CT molecular complexity index is 500. The number of phenolic OH excluding ortho intramolecular Hbond substituents is 1. The summed E-state index contributed by atoms with van der Waals surface area (Å²) < 4.78 is 5.41. The molecule has 18 heavy (non-hydrogen) atoms. The third-order valence-corrected chi connectivity index (χ3v) is 2.35. The van der Waals surface area contributed by atoms with Gasteiger partial charge in [0.1, 0.15) is 5.75 Å². The van der Waals surface area contributed by atoms with E-state index in [9.17, 15) is 5.11 Å². The molecule has 1 aromatic carbocycles. The number of aromatic hydroxyl groups is 1. The van der Waals surface area contributed by atoms with E-state index < -0.39 is 0 Å². The van der Waals surface area contributed by atoms with Crippen molar-refractivity contribution in [2.45, 2.75) is 6.42 Å². The predicted molar refractivity (Wildman–Crippen MR) is 68.3 cm³/mol. The topological polar surface area (TPSA) is 81.3 Å². The van der Waals surface area contributed by atoms with E-state index in [0.717, 1.165) is 12.0 Å². The normalized spacial score (nSPS) is 10.3. The monoisotopic (exact) mass is 245 g/mol. The first-order chi connectivity index (χ1) is 8.79. The number of nitrogens with zero attached hydrogens (tertiary/aromatic N) is 2. The van der Waals surface area contributed by atoms with Gasteiger partial charge in [-0.1, -0.05) is 12.1 Å². The first-order valence-electron chi connectivity index (χ1n) is 5.74. The Kier molecular flexibility index (Phi) is 4.09. The first kappa shape index (κ1) is 12.3. The van der Waals surface area contributed by atoms with E-state index in [1.54, 1.807) is 30.6 Å². The molecule has 2 rings (SSSR count). The molecule has 0 saturated carbocycles. The van der Waals surface area contributed by atoms with Crippen LogP contribution in [-0.2, 0) is 0 Å². The van der Waals surface area contributed by atoms with E-state index in [-0.39, 0.29) is 5.75 Å². The summed E-state index contributed by atoms with van der Waals surface area (Å²) in [7, 11) is 0. The number of ether oxygens (including phenoxy) is 1. The molecule has 0 radical (unpaired) electrons. The van der Waals surface area contributed by atoms with Crippen LogP contribution >= 0.6 is 0 Å². The van der Waals surface area contributed by atoms with Gasteiger partial charge in [-0.25, -0.2) is 9.97 Å². The summed E-state index contributed by atoms with van der Waals surface area (Å²) in [4.78, 5) is 8.38. The van der Waals surface area contributed by atoms with Gasteiger partial charge in [0, 0.05) is 5.56 Å². The van der Waals surface area contributed by atoms with Gasteiger partial charge in [-0.15, -0.1) is 0 Å². The maximum atomic E-state index is 9.38. The Hall–Kier alpha value is -2.14. The third kappa shape index (κ3) is 3.18. The Morgan fingerprint density at radius 1 is 1.22 bits per heavy atom. The second-order valence-corrected chi connectivity index (χ2v) is 3.78. The van der Waals surface area contributed by atoms with Crippen LogP contribution in [0, 0.1) is 0 Å². The number of benzene rings is 1. The summed E-state index contributed by atoms with van der Waals surface area (Å²) in [5, 5.41) is 9.38. The zero-order valence-electron chi connectivity index (χ0n) is 9.91. The molecule has 3 N–H and O–H groups in total. The quantitative estimate of drug-likeness (QED) is 0.781. The van der Waals surface area contributed by atoms with Gasteiger partial charge < -0.3 is 15.6 Å². The van der Waals surface area contributed by atoms with Crippen molar-refractivity contribution >= 4 is 0 Å². The van der Waals surface area contributed by atoms with Crippen LogP contribution in [0.3, 0.4) is 0 Å². The van der Waals surface area contributed by atoms with Crippen molar-refractivity contribution < 1.29 is 9.84 Å². The van der Waals surface area contributed by atoms with Crippen molar-refractivity contribution in [1.29, 1.82) is 0 Å². The average molecular weight is 245 g/mol. The number of hydrogen-bond acceptors (Lipinski definition) is 5. The molecule has 0 aliphatic rings. The highest BCUT2D eigenvalue weighted by Crippen LogP contribution is 2.20. The van der Waals surface area contributed by atoms with Crippen molar-refractivity contribution in [1.82, 2.24) is 9.97 Å². The van der Waals surface area contributed by atoms with Crippen molar-refractivity contribution in [3.05, 3.63) is 36.7 Å². The van der Waals surface area contributed by atoms with Crippen LogP contribution in [0.15, 0.2) is 36.7 Å². The zero-order valence-corrected chi connectivity index (χ0v) is 9.91. The largest absolute Gasteiger partial charge is 0.508 e. The van der Waals surface area contributed by atoms with Crippen LogP contribution in [0.1, 0.15) is 6.42 Å². The number of phenols is 1. The lowest BCUT2D eigenvalue weighted by Gasteiger charge is -2.05. The Morgan fingerprint density at radius 3 is 2.67 bits per heavy atom. The molecule has 5 heteroatoms. The Balaban J connectivity index is 2.07. The minimum absolute atomic E-state index is 0.194. The summed E-state index contributed by atoms with van der Waals surface area (Å²) in [6, 6.07) is 6.81. The zero-order chi connectivity index (χ0) is 12.8. The molecule has 1 heterocycles. The van der Waals surface area contributed by atoms with Crippen LogP contribution in [-0.4, -0.2) is 28.2 Å². The van der Waals surface area contributed by atoms with Crippen LogP contribution in [0.2, 0.25) is 0 Å². The first-order valence-corrected chi connectivity index (χ1v) is 5.74. The molecule has 0 fully saturated rings. The molecule has 0 unspecified atom stereocenters. The molecule has 0 aliphatic carbocycles. The van der Waals surface area contributed by atoms with E-state index in [0.29, 0.717) is 24.7 Å². The van der Waals surface area contributed by atoms with Gasteiger partial charge in [0.2, 0.25) is 0 Å². The van der Waals surface area contributed by atoms with E-state index in [1.165, 1.54) is 0 Å². The summed E-state index contributed by atoms with van der Waals surface area (Å²) >= 11 is 0. The van der Waals surface area contributed by atoms with Crippen molar-refractivity contribution in [3.63, 3.8) is 0 Å². The second-order valence-electron chi connectivity index (χ2n) is 3.78. The lowest BCUT2D eigenvalue weighted by Crippen LogP contribution is -2.06. The predicted octanol–water partition coefficient (Wildman–Crippen LogP) is 1.58. The molecule has 5 nitrogen and oxygen atoms in total. The second kappa shape index (κ2) is 5.97. The van der Waals surface area contributed by atoms with E-state index in [2.05, 4.69) is 9.97 Å². The molecular formula is C13H15N3O2. The highest BCUT2D eigenvalue weighted by molar-refractivity contribution is 5.57. The Morgan fingerprint density at radius 2 is 2.00 bits per heavy atom. The molecule has 0 atom stereocenters. The van der Waals surface area contributed by atoms with Crippen LogP contribution < -0.4 is 10.5 Å². The minimum atomic E-state index is 0.194. The molecule has 1 aromatic heterocycles. The summed E-state index contributed by atoms with van der Waals surface area (Å²) in [6.45, 7) is 1.16. The highest BCUT2D eigenvalue weighted by atomic mass is 16.5. The standard InChI is InChI=1S/C13H15N3O2/c14-5-2-6-18-12-8-15-13(16-9-12)10-3-1-4-11(17)7-10/h1,3-4,7-9,17H,2,5-6,14H2. The maximum absolute atomic E-state index is 9.38. The summed E-state index contributed by atoms with van der Waals surface area (Å²) in [5.41, 5.74) is 6.14. The van der Waals surface area contributed by atoms with Gasteiger partial charge in [-0.05, 0) is 25.1 Å². The van der Waals surface area contributed by atoms with Crippen LogP contribution in [0.4, 0.5) is 0 Å². The number of nitrogens with two attached hydrogens (primary N) is 1. The van der Waals surface area contributed by atoms with E-state index in [4.69, 9.17) is 10.5 Å². The minimum Gasteiger partial charge on any atom is -0.508 e. The molecular weight excluding hydrogens is 230 g/mol. The number of hydrogen-bond donors (Lipinski definition) is 2. The molecule has 0 aliphatic heterocycles. The Labute approximate surface area is 105 Å². The van der Waals surface area contributed by atoms with Gasteiger partial charge in [0.15, 0.2) is 11.6 Å². The molecule has 0 amide bonds. The molecule has 0 bridgehead atoms. The SMILES string of the molecule is NCCCOc1cnc(-c2cccc(O)c2)nc1. The average Bonchev–Trinajstić information content (AvgIpc) is 2.40. The number of rotatable bonds is 5. The summed E-state index contributed by atoms with van der Waals surface area (Å²) in [6.07, 6.45) is 4.03. The smallest absolute Gasteiger partial charge is 0.159 e.